The molecule has 2 aliphatic rings. The van der Waals surface area contributed by atoms with Crippen LogP contribution in [0.15, 0.2) is 60.7 Å². The van der Waals surface area contributed by atoms with Crippen molar-refractivity contribution >= 4 is 0 Å². The summed E-state index contributed by atoms with van der Waals surface area (Å²) in [6.45, 7) is -0.959. The molecule has 0 heterocycles. The molecule has 3 aromatic rings. The highest BCUT2D eigenvalue weighted by molar-refractivity contribution is 5.66. The number of unbranched alkanes of at least 4 members (excludes halogenated alkanes) is 2. The molecule has 0 atom stereocenters. The normalized spacial score (nSPS) is 22.4. The highest BCUT2D eigenvalue weighted by atomic mass is 19.3. The maximum absolute atomic E-state index is 15.2. The minimum Gasteiger partial charge on any atom is -0.432 e. The summed E-state index contributed by atoms with van der Waals surface area (Å²) in [4.78, 5) is 0. The van der Waals surface area contributed by atoms with Crippen molar-refractivity contribution in [2.75, 3.05) is 0 Å². The van der Waals surface area contributed by atoms with E-state index in [0.717, 1.165) is 24.1 Å². The molecule has 0 amide bonds. The molecular weight excluding hydrogens is 590 g/mol. The summed E-state index contributed by atoms with van der Waals surface area (Å²) < 4.78 is 93.2. The van der Waals surface area contributed by atoms with Crippen LogP contribution in [0.1, 0.15) is 107 Å². The lowest BCUT2D eigenvalue weighted by Gasteiger charge is -2.33. The molecule has 0 aliphatic heterocycles. The van der Waals surface area contributed by atoms with Crippen molar-refractivity contribution in [1.29, 1.82) is 0 Å². The zero-order valence-electron chi connectivity index (χ0n) is 25.7. The molecule has 2 fully saturated rings. The summed E-state index contributed by atoms with van der Waals surface area (Å²) in [6.07, 6.45) is 8.73. The Morgan fingerprint density at radius 3 is 1.91 bits per heavy atom. The van der Waals surface area contributed by atoms with E-state index in [0.29, 0.717) is 18.8 Å². The molecule has 0 bridgehead atoms. The molecule has 5 rings (SSSR count). The molecule has 2 aliphatic carbocycles. The van der Waals surface area contributed by atoms with Gasteiger partial charge in [0.1, 0.15) is 11.6 Å². The predicted octanol–water partition coefficient (Wildman–Crippen LogP) is 12.0. The molecule has 8 heteroatoms. The van der Waals surface area contributed by atoms with Crippen LogP contribution in [0.25, 0.3) is 11.1 Å². The standard InChI is InChI=1S/C37H42F6O2/c1-2-3-4-5-24-6-8-25(9-7-24)26-10-12-27(13-11-26)28-14-17-30(18-15-28)37(42,43)45-31-19-20-32(33(38)23-31)29-16-21-35(34(39)22-29)44-36(40)41/h10-13,16,19-25,28,30,36H,2-9,14-15,17-18H2,1H3. The Morgan fingerprint density at radius 2 is 1.36 bits per heavy atom. The number of rotatable bonds is 12. The lowest BCUT2D eigenvalue weighted by atomic mass is 9.75. The highest BCUT2D eigenvalue weighted by Crippen LogP contribution is 2.44. The first-order chi connectivity index (χ1) is 21.6. The van der Waals surface area contributed by atoms with Crippen molar-refractivity contribution in [1.82, 2.24) is 0 Å². The summed E-state index contributed by atoms with van der Waals surface area (Å²) in [5.74, 6) is -2.32. The first-order valence-electron chi connectivity index (χ1n) is 16.3. The van der Waals surface area contributed by atoms with Crippen LogP contribution >= 0.6 is 0 Å². The van der Waals surface area contributed by atoms with Crippen LogP contribution in [0.2, 0.25) is 0 Å². The first-order valence-corrected chi connectivity index (χ1v) is 16.3. The van der Waals surface area contributed by atoms with Gasteiger partial charge < -0.3 is 9.47 Å². The average Bonchev–Trinajstić information content (AvgIpc) is 3.02. The maximum atomic E-state index is 15.2. The molecule has 0 aromatic heterocycles. The van der Waals surface area contributed by atoms with E-state index in [4.69, 9.17) is 4.74 Å². The second-order valence-corrected chi connectivity index (χ2v) is 12.8. The molecule has 0 spiro atoms. The SMILES string of the molecule is CCCCCC1CCC(c2ccc(C3CCC(C(F)(F)Oc4ccc(-c5ccc(OC(F)F)c(F)c5)c(F)c4)CC3)cc2)CC1. The van der Waals surface area contributed by atoms with Crippen molar-refractivity contribution in [3.63, 3.8) is 0 Å². The number of halogens is 6. The van der Waals surface area contributed by atoms with Crippen LogP contribution < -0.4 is 9.47 Å². The summed E-state index contributed by atoms with van der Waals surface area (Å²) in [7, 11) is 0. The second kappa shape index (κ2) is 15.0. The van der Waals surface area contributed by atoms with Gasteiger partial charge in [-0.1, -0.05) is 62.9 Å². The smallest absolute Gasteiger partial charge is 0.400 e. The van der Waals surface area contributed by atoms with Gasteiger partial charge in [-0.2, -0.15) is 17.6 Å². The van der Waals surface area contributed by atoms with E-state index in [1.54, 1.807) is 0 Å². The minimum absolute atomic E-state index is 0.0430. The van der Waals surface area contributed by atoms with Gasteiger partial charge in [-0.15, -0.1) is 0 Å². The van der Waals surface area contributed by atoms with Crippen LogP contribution in [0.3, 0.4) is 0 Å². The van der Waals surface area contributed by atoms with Gasteiger partial charge in [0.2, 0.25) is 0 Å². The Labute approximate surface area is 262 Å². The molecule has 0 N–H and O–H groups in total. The highest BCUT2D eigenvalue weighted by Gasteiger charge is 2.44. The zero-order valence-corrected chi connectivity index (χ0v) is 25.7. The third kappa shape index (κ3) is 8.56. The van der Waals surface area contributed by atoms with Gasteiger partial charge >= 0.3 is 12.7 Å². The largest absolute Gasteiger partial charge is 0.432 e. The van der Waals surface area contributed by atoms with E-state index < -0.39 is 36.0 Å². The molecular formula is C37H42F6O2. The number of benzene rings is 3. The van der Waals surface area contributed by atoms with Crippen LogP contribution in [0.5, 0.6) is 11.5 Å². The van der Waals surface area contributed by atoms with Crippen LogP contribution in [-0.2, 0) is 0 Å². The van der Waals surface area contributed by atoms with Gasteiger partial charge in [0, 0.05) is 11.6 Å². The third-order valence-electron chi connectivity index (χ3n) is 9.80. The summed E-state index contributed by atoms with van der Waals surface area (Å²) in [6, 6.07) is 15.1. The molecule has 2 nitrogen and oxygen atoms in total. The topological polar surface area (TPSA) is 18.5 Å². The zero-order chi connectivity index (χ0) is 32.0. The Hall–Kier alpha value is -3.16. The lowest BCUT2D eigenvalue weighted by Crippen LogP contribution is -2.37. The van der Waals surface area contributed by atoms with Crippen molar-refractivity contribution in [2.24, 2.45) is 11.8 Å². The van der Waals surface area contributed by atoms with Crippen molar-refractivity contribution in [2.45, 2.75) is 109 Å². The third-order valence-corrected chi connectivity index (χ3v) is 9.80. The first kappa shape index (κ1) is 33.2. The van der Waals surface area contributed by atoms with Gasteiger partial charge in [-0.25, -0.2) is 8.78 Å². The van der Waals surface area contributed by atoms with Crippen molar-refractivity contribution in [3.8, 4) is 22.6 Å². The second-order valence-electron chi connectivity index (χ2n) is 12.8. The van der Waals surface area contributed by atoms with E-state index >= 15 is 8.78 Å². The van der Waals surface area contributed by atoms with E-state index in [1.165, 1.54) is 80.7 Å². The Morgan fingerprint density at radius 1 is 0.733 bits per heavy atom. The van der Waals surface area contributed by atoms with Crippen LogP contribution in [-0.4, -0.2) is 12.7 Å². The molecule has 244 valence electrons. The Bertz CT molecular complexity index is 1380. The van der Waals surface area contributed by atoms with Crippen molar-refractivity contribution in [3.05, 3.63) is 83.4 Å². The molecule has 2 saturated carbocycles. The average molecular weight is 633 g/mol. The fourth-order valence-electron chi connectivity index (χ4n) is 7.16. The number of ether oxygens (including phenoxy) is 2. The van der Waals surface area contributed by atoms with Gasteiger partial charge in [0.15, 0.2) is 11.6 Å². The molecule has 0 saturated heterocycles. The summed E-state index contributed by atoms with van der Waals surface area (Å²) in [5.41, 5.74) is 2.54. The van der Waals surface area contributed by atoms with E-state index in [-0.39, 0.29) is 35.6 Å². The van der Waals surface area contributed by atoms with E-state index in [2.05, 4.69) is 35.9 Å². The molecule has 0 unspecified atom stereocenters. The van der Waals surface area contributed by atoms with Crippen LogP contribution in [0, 0.1) is 23.5 Å². The predicted molar refractivity (Wildman–Crippen MR) is 164 cm³/mol. The monoisotopic (exact) mass is 632 g/mol. The van der Waals surface area contributed by atoms with Gasteiger partial charge in [-0.05, 0) is 110 Å². The maximum Gasteiger partial charge on any atom is 0.400 e. The summed E-state index contributed by atoms with van der Waals surface area (Å²) >= 11 is 0. The lowest BCUT2D eigenvalue weighted by molar-refractivity contribution is -0.222. The molecule has 45 heavy (non-hydrogen) atoms. The number of alkyl halides is 4. The number of hydrogen-bond acceptors (Lipinski definition) is 2. The van der Waals surface area contributed by atoms with E-state index in [9.17, 15) is 17.6 Å². The fraction of sp³-hybridized carbons (Fsp3) is 0.514. The quantitative estimate of drug-likeness (QED) is 0.146. The Balaban J connectivity index is 1.12. The summed E-state index contributed by atoms with van der Waals surface area (Å²) in [5, 5.41) is 0. The van der Waals surface area contributed by atoms with E-state index in [1.807, 2.05) is 0 Å². The van der Waals surface area contributed by atoms with Crippen LogP contribution in [0.4, 0.5) is 26.3 Å². The molecule has 3 aromatic carbocycles. The minimum atomic E-state index is -3.49. The Kier molecular flexibility index (Phi) is 11.0. The number of hydrogen-bond donors (Lipinski definition) is 0. The van der Waals surface area contributed by atoms with Crippen molar-refractivity contribution < 1.29 is 35.8 Å². The molecule has 0 radical (unpaired) electrons. The van der Waals surface area contributed by atoms with Gasteiger partial charge in [0.05, 0.1) is 5.92 Å². The fourth-order valence-corrected chi connectivity index (χ4v) is 7.16. The van der Waals surface area contributed by atoms with Gasteiger partial charge in [-0.3, -0.25) is 0 Å². The van der Waals surface area contributed by atoms with Gasteiger partial charge in [0.25, 0.3) is 0 Å².